The number of nitrogen functional groups attached to an aromatic ring is 1. The smallest absolute Gasteiger partial charge is 0.156 e. The van der Waals surface area contributed by atoms with Crippen LogP contribution in [-0.2, 0) is 4.79 Å². The van der Waals surface area contributed by atoms with Crippen LogP contribution in [0, 0.1) is 29.1 Å². The van der Waals surface area contributed by atoms with Crippen molar-refractivity contribution in [2.75, 3.05) is 5.73 Å². The third-order valence-electron chi connectivity index (χ3n) is 8.56. The number of ketones is 1. The molecule has 1 unspecified atom stereocenters. The third-order valence-corrected chi connectivity index (χ3v) is 8.56. The topological polar surface area (TPSA) is 63.3 Å². The van der Waals surface area contributed by atoms with Gasteiger partial charge in [-0.05, 0) is 92.2 Å². The Kier molecular flexibility index (Phi) is 4.49. The highest BCUT2D eigenvalue weighted by Crippen LogP contribution is 2.66. The van der Waals surface area contributed by atoms with Gasteiger partial charge in [0, 0.05) is 23.4 Å². The Morgan fingerprint density at radius 3 is 2.63 bits per heavy atom. The molecule has 4 aliphatic carbocycles. The van der Waals surface area contributed by atoms with E-state index in [4.69, 9.17) is 5.73 Å². The van der Waals surface area contributed by atoms with E-state index < -0.39 is 5.60 Å². The molecule has 0 saturated heterocycles. The fourth-order valence-corrected chi connectivity index (χ4v) is 7.10. The van der Waals surface area contributed by atoms with E-state index in [-0.39, 0.29) is 17.1 Å². The number of nitrogens with two attached hydrogens (primary N) is 1. The van der Waals surface area contributed by atoms with E-state index >= 15 is 0 Å². The zero-order chi connectivity index (χ0) is 21.1. The predicted octanol–water partition coefficient (Wildman–Crippen LogP) is 4.92. The minimum Gasteiger partial charge on any atom is -0.399 e. The summed E-state index contributed by atoms with van der Waals surface area (Å²) in [6, 6.07) is 8.28. The molecule has 2 fully saturated rings. The van der Waals surface area contributed by atoms with Crippen molar-refractivity contribution in [3.63, 3.8) is 0 Å². The van der Waals surface area contributed by atoms with Gasteiger partial charge in [0.25, 0.3) is 0 Å². The van der Waals surface area contributed by atoms with Gasteiger partial charge in [0.05, 0.1) is 0 Å². The Balaban J connectivity index is 1.69. The molecule has 4 aliphatic rings. The molecule has 3 nitrogen and oxygen atoms in total. The molecule has 3 heteroatoms. The van der Waals surface area contributed by atoms with E-state index in [0.717, 1.165) is 44.2 Å². The number of hydrogen-bond acceptors (Lipinski definition) is 3. The summed E-state index contributed by atoms with van der Waals surface area (Å²) in [6.45, 7) is 4.11. The Hall–Kier alpha value is -2.31. The number of carbonyl (C=O) groups excluding carboxylic acids is 1. The van der Waals surface area contributed by atoms with Gasteiger partial charge in [-0.3, -0.25) is 4.79 Å². The molecule has 0 spiro atoms. The molecule has 2 saturated carbocycles. The van der Waals surface area contributed by atoms with E-state index in [2.05, 4.69) is 30.9 Å². The quantitative estimate of drug-likeness (QED) is 0.518. The molecule has 3 N–H and O–H groups in total. The van der Waals surface area contributed by atoms with Crippen molar-refractivity contribution in [1.29, 1.82) is 0 Å². The van der Waals surface area contributed by atoms with E-state index in [0.29, 0.717) is 18.3 Å². The monoisotopic (exact) mass is 401 g/mol. The van der Waals surface area contributed by atoms with Crippen molar-refractivity contribution in [2.24, 2.45) is 17.3 Å². The SMILES string of the molecule is CC#C[C@]1(O)CC[C@H]2[C@@H]3CCC4=CC(=O)CCC4=C3C(c3ccc(N)cc3)C[C@@]21C. The minimum absolute atomic E-state index is 0.234. The number of fused-ring (bicyclic) bond motifs is 4. The van der Waals surface area contributed by atoms with Crippen molar-refractivity contribution in [3.8, 4) is 11.8 Å². The lowest BCUT2D eigenvalue weighted by Crippen LogP contribution is -2.51. The molecule has 5 rings (SSSR count). The molecule has 0 radical (unpaired) electrons. The first-order chi connectivity index (χ1) is 14.4. The van der Waals surface area contributed by atoms with Crippen LogP contribution >= 0.6 is 0 Å². The largest absolute Gasteiger partial charge is 0.399 e. The van der Waals surface area contributed by atoms with Crippen molar-refractivity contribution in [3.05, 3.63) is 52.6 Å². The first kappa shape index (κ1) is 19.6. The van der Waals surface area contributed by atoms with Crippen LogP contribution in [0.5, 0.6) is 0 Å². The summed E-state index contributed by atoms with van der Waals surface area (Å²) in [4.78, 5) is 12.1. The first-order valence-corrected chi connectivity index (χ1v) is 11.3. The molecular formula is C27H31NO2. The van der Waals surface area contributed by atoms with E-state index in [1.807, 2.05) is 25.1 Å². The Labute approximate surface area is 179 Å². The van der Waals surface area contributed by atoms with Gasteiger partial charge < -0.3 is 10.8 Å². The molecule has 5 atom stereocenters. The molecule has 30 heavy (non-hydrogen) atoms. The molecular weight excluding hydrogens is 370 g/mol. The Bertz CT molecular complexity index is 1020. The van der Waals surface area contributed by atoms with Crippen LogP contribution in [-0.4, -0.2) is 16.5 Å². The first-order valence-electron chi connectivity index (χ1n) is 11.3. The summed E-state index contributed by atoms with van der Waals surface area (Å²) in [5.74, 6) is 7.64. The predicted molar refractivity (Wildman–Crippen MR) is 120 cm³/mol. The highest BCUT2D eigenvalue weighted by atomic mass is 16.3. The molecule has 0 aliphatic heterocycles. The second-order valence-corrected chi connectivity index (χ2v) is 9.94. The van der Waals surface area contributed by atoms with Gasteiger partial charge >= 0.3 is 0 Å². The summed E-state index contributed by atoms with van der Waals surface area (Å²) in [5, 5.41) is 11.6. The molecule has 1 aromatic carbocycles. The molecule has 0 bridgehead atoms. The second-order valence-electron chi connectivity index (χ2n) is 9.94. The van der Waals surface area contributed by atoms with Gasteiger partial charge in [-0.15, -0.1) is 5.92 Å². The van der Waals surface area contributed by atoms with E-state index in [1.54, 1.807) is 5.57 Å². The lowest BCUT2D eigenvalue weighted by atomic mass is 9.51. The van der Waals surface area contributed by atoms with Crippen molar-refractivity contribution < 1.29 is 9.90 Å². The van der Waals surface area contributed by atoms with Gasteiger partial charge in [0.2, 0.25) is 0 Å². The van der Waals surface area contributed by atoms with Crippen molar-refractivity contribution >= 4 is 11.5 Å². The zero-order valence-corrected chi connectivity index (χ0v) is 18.0. The maximum atomic E-state index is 12.1. The van der Waals surface area contributed by atoms with Crippen LogP contribution in [0.1, 0.15) is 70.3 Å². The number of hydrogen-bond donors (Lipinski definition) is 2. The number of anilines is 1. The van der Waals surface area contributed by atoms with Crippen LogP contribution in [0.25, 0.3) is 0 Å². The van der Waals surface area contributed by atoms with Crippen LogP contribution in [0.4, 0.5) is 5.69 Å². The summed E-state index contributed by atoms with van der Waals surface area (Å²) >= 11 is 0. The zero-order valence-electron chi connectivity index (χ0n) is 18.0. The minimum atomic E-state index is -0.923. The average molecular weight is 402 g/mol. The van der Waals surface area contributed by atoms with Crippen LogP contribution < -0.4 is 5.73 Å². The molecule has 0 heterocycles. The Morgan fingerprint density at radius 2 is 1.90 bits per heavy atom. The van der Waals surface area contributed by atoms with Crippen LogP contribution in [0.15, 0.2) is 47.1 Å². The number of allylic oxidation sites excluding steroid dienone is 4. The second kappa shape index (κ2) is 6.86. The van der Waals surface area contributed by atoms with E-state index in [9.17, 15) is 9.90 Å². The van der Waals surface area contributed by atoms with Gasteiger partial charge in [0.15, 0.2) is 5.78 Å². The number of benzene rings is 1. The summed E-state index contributed by atoms with van der Waals surface area (Å²) < 4.78 is 0. The van der Waals surface area contributed by atoms with Gasteiger partial charge in [0.1, 0.15) is 5.60 Å². The average Bonchev–Trinajstić information content (AvgIpc) is 2.98. The summed E-state index contributed by atoms with van der Waals surface area (Å²) in [6.07, 6.45) is 8.11. The molecule has 1 aromatic rings. The summed E-state index contributed by atoms with van der Waals surface area (Å²) in [5.41, 5.74) is 11.1. The van der Waals surface area contributed by atoms with Crippen molar-refractivity contribution in [1.82, 2.24) is 0 Å². The molecule has 0 amide bonds. The molecule has 156 valence electrons. The normalized spacial score (nSPS) is 37.5. The number of aliphatic hydroxyl groups is 1. The van der Waals surface area contributed by atoms with Crippen LogP contribution in [0.3, 0.4) is 0 Å². The standard InChI is InChI=1S/C27H31NO2/c1-3-13-27(30)14-12-24-22-10-6-18-15-20(29)9-11-21(18)25(22)23(16-26(24,27)2)17-4-7-19(28)8-5-17/h4-5,7-8,15,22-24,30H,6,9-12,14,16,28H2,1-2H3/t22-,23?,24-,26-,27-/m0/s1. The van der Waals surface area contributed by atoms with Gasteiger partial charge in [-0.25, -0.2) is 0 Å². The highest BCUT2D eigenvalue weighted by molar-refractivity contribution is 5.93. The maximum absolute atomic E-state index is 12.1. The number of carbonyl (C=O) groups is 1. The fourth-order valence-electron chi connectivity index (χ4n) is 7.10. The van der Waals surface area contributed by atoms with Gasteiger partial charge in [-0.2, -0.15) is 0 Å². The summed E-state index contributed by atoms with van der Waals surface area (Å²) in [7, 11) is 0. The van der Waals surface area contributed by atoms with E-state index in [1.165, 1.54) is 16.7 Å². The van der Waals surface area contributed by atoms with Crippen LogP contribution in [0.2, 0.25) is 0 Å². The maximum Gasteiger partial charge on any atom is 0.156 e. The molecule has 0 aromatic heterocycles. The number of rotatable bonds is 1. The highest BCUT2D eigenvalue weighted by Gasteiger charge is 2.62. The van der Waals surface area contributed by atoms with Gasteiger partial charge in [-0.1, -0.05) is 30.6 Å². The Morgan fingerprint density at radius 1 is 1.13 bits per heavy atom. The lowest BCUT2D eigenvalue weighted by molar-refractivity contribution is -0.114. The lowest BCUT2D eigenvalue weighted by Gasteiger charge is -2.53. The van der Waals surface area contributed by atoms with Crippen molar-refractivity contribution in [2.45, 2.75) is 70.3 Å². The fraction of sp³-hybridized carbons (Fsp3) is 0.519. The third kappa shape index (κ3) is 2.73.